The van der Waals surface area contributed by atoms with Crippen LogP contribution in [0.5, 0.6) is 0 Å². The summed E-state index contributed by atoms with van der Waals surface area (Å²) in [6.45, 7) is 2.60. The highest BCUT2D eigenvalue weighted by Gasteiger charge is 2.37. The standard InChI is InChI=1S/C19H26N8O/c28-19(17-10-20-23-18(17)27-12-21-24-25-27)22-15-6-3-7-26(11-15)16-8-13-4-1-2-5-14(13)9-16/h1-2,4-5,12,15-18,20,23H,3,6-11H2,(H,22,28). The number of hydrazine groups is 1. The first kappa shape index (κ1) is 17.7. The van der Waals surface area contributed by atoms with Crippen molar-refractivity contribution in [3.05, 3.63) is 41.7 Å². The maximum atomic E-state index is 12.9. The lowest BCUT2D eigenvalue weighted by Gasteiger charge is -2.37. The molecule has 5 rings (SSSR count). The minimum absolute atomic E-state index is 0.0551. The van der Waals surface area contributed by atoms with Gasteiger partial charge in [0.1, 0.15) is 12.5 Å². The predicted octanol–water partition coefficient (Wildman–Crippen LogP) is -0.356. The fourth-order valence-electron chi connectivity index (χ4n) is 4.83. The molecule has 1 aromatic heterocycles. The van der Waals surface area contributed by atoms with E-state index >= 15 is 0 Å². The van der Waals surface area contributed by atoms with Gasteiger partial charge in [0.2, 0.25) is 5.91 Å². The summed E-state index contributed by atoms with van der Waals surface area (Å²) in [4.78, 5) is 15.5. The van der Waals surface area contributed by atoms with E-state index in [2.05, 4.69) is 60.9 Å². The minimum atomic E-state index is -0.265. The van der Waals surface area contributed by atoms with E-state index in [4.69, 9.17) is 0 Å². The highest BCUT2D eigenvalue weighted by molar-refractivity contribution is 5.80. The number of carbonyl (C=O) groups excluding carboxylic acids is 1. The van der Waals surface area contributed by atoms with Crippen molar-refractivity contribution in [1.82, 2.24) is 41.3 Å². The molecule has 2 aliphatic heterocycles. The third-order valence-corrected chi connectivity index (χ3v) is 6.28. The van der Waals surface area contributed by atoms with Gasteiger partial charge in [0.05, 0.1) is 5.92 Å². The Morgan fingerprint density at radius 2 is 2.04 bits per heavy atom. The van der Waals surface area contributed by atoms with Crippen molar-refractivity contribution < 1.29 is 4.79 Å². The first-order valence-electron chi connectivity index (χ1n) is 10.1. The van der Waals surface area contributed by atoms with Crippen LogP contribution in [0.25, 0.3) is 0 Å². The fourth-order valence-corrected chi connectivity index (χ4v) is 4.83. The molecule has 28 heavy (non-hydrogen) atoms. The molecule has 9 nitrogen and oxygen atoms in total. The highest BCUT2D eigenvalue weighted by atomic mass is 16.2. The van der Waals surface area contributed by atoms with Crippen LogP contribution in [0.15, 0.2) is 30.6 Å². The van der Waals surface area contributed by atoms with Crippen LogP contribution in [0.4, 0.5) is 0 Å². The van der Waals surface area contributed by atoms with Crippen LogP contribution in [-0.4, -0.2) is 62.7 Å². The van der Waals surface area contributed by atoms with Crippen LogP contribution < -0.4 is 16.2 Å². The number of tetrazole rings is 1. The highest BCUT2D eigenvalue weighted by Crippen LogP contribution is 2.27. The summed E-state index contributed by atoms with van der Waals surface area (Å²) in [6, 6.07) is 9.51. The van der Waals surface area contributed by atoms with Crippen LogP contribution in [0.1, 0.15) is 30.1 Å². The number of nitrogens with zero attached hydrogens (tertiary/aromatic N) is 5. The lowest BCUT2D eigenvalue weighted by atomic mass is 10.0. The maximum absolute atomic E-state index is 12.9. The van der Waals surface area contributed by atoms with Crippen molar-refractivity contribution in [3.63, 3.8) is 0 Å². The van der Waals surface area contributed by atoms with Gasteiger partial charge in [-0.05, 0) is 53.8 Å². The summed E-state index contributed by atoms with van der Waals surface area (Å²) in [5.74, 6) is -0.186. The molecule has 1 aliphatic carbocycles. The molecule has 2 saturated heterocycles. The van der Waals surface area contributed by atoms with Gasteiger partial charge in [-0.2, -0.15) is 0 Å². The Labute approximate surface area is 163 Å². The topological polar surface area (TPSA) is 100 Å². The van der Waals surface area contributed by atoms with Gasteiger partial charge in [-0.15, -0.1) is 5.10 Å². The zero-order valence-corrected chi connectivity index (χ0v) is 15.8. The Kier molecular flexibility index (Phi) is 4.79. The van der Waals surface area contributed by atoms with Crippen molar-refractivity contribution in [1.29, 1.82) is 0 Å². The SMILES string of the molecule is O=C(NC1CCCN(C2Cc3ccccc3C2)C1)C1CNNC1n1cnnn1. The average Bonchev–Trinajstić information content (AvgIpc) is 3.47. The number of hydrogen-bond donors (Lipinski definition) is 3. The van der Waals surface area contributed by atoms with Crippen molar-refractivity contribution >= 4 is 5.91 Å². The number of rotatable bonds is 4. The number of nitrogens with one attached hydrogen (secondary N) is 3. The molecule has 3 heterocycles. The Balaban J connectivity index is 1.20. The van der Waals surface area contributed by atoms with Gasteiger partial charge < -0.3 is 5.32 Å². The first-order chi connectivity index (χ1) is 13.8. The van der Waals surface area contributed by atoms with E-state index in [0.717, 1.165) is 38.8 Å². The Morgan fingerprint density at radius 1 is 1.21 bits per heavy atom. The number of carbonyl (C=O) groups is 1. The van der Waals surface area contributed by atoms with Crippen LogP contribution >= 0.6 is 0 Å². The van der Waals surface area contributed by atoms with Crippen LogP contribution in [0, 0.1) is 5.92 Å². The summed E-state index contributed by atoms with van der Waals surface area (Å²) >= 11 is 0. The average molecular weight is 382 g/mol. The van der Waals surface area contributed by atoms with Crippen molar-refractivity contribution in [3.8, 4) is 0 Å². The maximum Gasteiger partial charge on any atom is 0.228 e. The number of likely N-dealkylation sites (tertiary alicyclic amines) is 1. The second-order valence-corrected chi connectivity index (χ2v) is 8.04. The molecule has 0 radical (unpaired) electrons. The van der Waals surface area contributed by atoms with Gasteiger partial charge >= 0.3 is 0 Å². The molecule has 3 N–H and O–H groups in total. The van der Waals surface area contributed by atoms with Crippen molar-refractivity contribution in [2.75, 3.05) is 19.6 Å². The number of benzene rings is 1. The second-order valence-electron chi connectivity index (χ2n) is 8.04. The summed E-state index contributed by atoms with van der Waals surface area (Å²) in [6.07, 6.45) is 5.66. The molecule has 0 spiro atoms. The summed E-state index contributed by atoms with van der Waals surface area (Å²) in [5.41, 5.74) is 9.10. The lowest BCUT2D eigenvalue weighted by Crippen LogP contribution is -2.53. The zero-order valence-electron chi connectivity index (χ0n) is 15.8. The van der Waals surface area contributed by atoms with Crippen LogP contribution in [0.2, 0.25) is 0 Å². The van der Waals surface area contributed by atoms with Gasteiger partial charge in [0.25, 0.3) is 0 Å². The second kappa shape index (κ2) is 7.57. The molecule has 3 unspecified atom stereocenters. The normalized spacial score (nSPS) is 28.4. The van der Waals surface area contributed by atoms with Gasteiger partial charge in [-0.3, -0.25) is 15.1 Å². The number of hydrogen-bond acceptors (Lipinski definition) is 7. The summed E-state index contributed by atoms with van der Waals surface area (Å²) in [7, 11) is 0. The van der Waals surface area contributed by atoms with Crippen LogP contribution in [0.3, 0.4) is 0 Å². The Morgan fingerprint density at radius 3 is 2.79 bits per heavy atom. The monoisotopic (exact) mass is 382 g/mol. The molecule has 0 bridgehead atoms. The largest absolute Gasteiger partial charge is 0.352 e. The molecule has 0 saturated carbocycles. The molecule has 3 atom stereocenters. The molecule has 148 valence electrons. The quantitative estimate of drug-likeness (QED) is 0.664. The van der Waals surface area contributed by atoms with Gasteiger partial charge in [0, 0.05) is 25.2 Å². The summed E-state index contributed by atoms with van der Waals surface area (Å²) < 4.78 is 1.59. The molecule has 3 aliphatic rings. The summed E-state index contributed by atoms with van der Waals surface area (Å²) in [5, 5.41) is 14.6. The van der Waals surface area contributed by atoms with E-state index in [-0.39, 0.29) is 24.0 Å². The fraction of sp³-hybridized carbons (Fsp3) is 0.579. The minimum Gasteiger partial charge on any atom is -0.352 e. The van der Waals surface area contributed by atoms with Crippen molar-refractivity contribution in [2.45, 2.75) is 43.9 Å². The third-order valence-electron chi connectivity index (χ3n) is 6.28. The molecule has 1 amide bonds. The first-order valence-corrected chi connectivity index (χ1v) is 10.1. The van der Waals surface area contributed by atoms with Gasteiger partial charge in [0.15, 0.2) is 0 Å². The smallest absolute Gasteiger partial charge is 0.228 e. The van der Waals surface area contributed by atoms with Gasteiger partial charge in [-0.1, -0.05) is 24.3 Å². The molecular formula is C19H26N8O. The van der Waals surface area contributed by atoms with Crippen LogP contribution in [-0.2, 0) is 17.6 Å². The number of piperidine rings is 1. The number of aromatic nitrogens is 4. The number of amides is 1. The Bertz CT molecular complexity index is 800. The molecular weight excluding hydrogens is 356 g/mol. The van der Waals surface area contributed by atoms with Gasteiger partial charge in [-0.25, -0.2) is 10.1 Å². The Hall–Kier alpha value is -2.36. The van der Waals surface area contributed by atoms with E-state index in [9.17, 15) is 4.79 Å². The lowest BCUT2D eigenvalue weighted by molar-refractivity contribution is -0.126. The van der Waals surface area contributed by atoms with E-state index in [0.29, 0.717) is 12.6 Å². The molecule has 1 aromatic carbocycles. The van der Waals surface area contributed by atoms with E-state index < -0.39 is 0 Å². The van der Waals surface area contributed by atoms with Crippen molar-refractivity contribution in [2.24, 2.45) is 5.92 Å². The van der Waals surface area contributed by atoms with E-state index in [1.54, 1.807) is 4.68 Å². The molecule has 9 heteroatoms. The van der Waals surface area contributed by atoms with E-state index in [1.165, 1.54) is 17.5 Å². The predicted molar refractivity (Wildman–Crippen MR) is 102 cm³/mol. The zero-order chi connectivity index (χ0) is 18.9. The van der Waals surface area contributed by atoms with E-state index in [1.807, 2.05) is 0 Å². The third kappa shape index (κ3) is 3.41. The molecule has 2 fully saturated rings. The number of fused-ring (bicyclic) bond motifs is 1. The molecule has 2 aromatic rings.